The number of carbonyl (C=O) groups is 1. The van der Waals surface area contributed by atoms with Crippen LogP contribution in [-0.2, 0) is 13.0 Å². The molecule has 1 amide bonds. The van der Waals surface area contributed by atoms with E-state index in [0.29, 0.717) is 37.4 Å². The van der Waals surface area contributed by atoms with E-state index in [4.69, 9.17) is 0 Å². The summed E-state index contributed by atoms with van der Waals surface area (Å²) in [6, 6.07) is 14.2. The molecule has 6 nitrogen and oxygen atoms in total. The zero-order valence-corrected chi connectivity index (χ0v) is 18.9. The normalized spacial score (nSPS) is 15.9. The number of aromatic nitrogens is 3. The summed E-state index contributed by atoms with van der Waals surface area (Å²) in [5.41, 5.74) is 2.17. The Balaban J connectivity index is 1.24. The van der Waals surface area contributed by atoms with Crippen LogP contribution in [0.4, 0.5) is 0 Å². The predicted molar refractivity (Wildman–Crippen MR) is 126 cm³/mol. The number of likely N-dealkylation sites (tertiary alicyclic amines) is 1. The van der Waals surface area contributed by atoms with Crippen LogP contribution in [0.5, 0.6) is 0 Å². The van der Waals surface area contributed by atoms with Crippen molar-refractivity contribution in [3.8, 4) is 0 Å². The van der Waals surface area contributed by atoms with E-state index in [2.05, 4.69) is 26.7 Å². The van der Waals surface area contributed by atoms with Gasteiger partial charge in [0.05, 0.1) is 34.6 Å². The van der Waals surface area contributed by atoms with Crippen LogP contribution < -0.4 is 0 Å². The van der Waals surface area contributed by atoms with Crippen LogP contribution in [0.3, 0.4) is 0 Å². The first kappa shape index (κ1) is 20.8. The van der Waals surface area contributed by atoms with E-state index in [0.717, 1.165) is 28.0 Å². The summed E-state index contributed by atoms with van der Waals surface area (Å²) >= 11 is 1.49. The lowest BCUT2D eigenvalue weighted by molar-refractivity contribution is -0.0283. The summed E-state index contributed by atoms with van der Waals surface area (Å²) < 4.78 is 2.06. The van der Waals surface area contributed by atoms with E-state index in [1.807, 2.05) is 54.5 Å². The Hall–Kier alpha value is -3.03. The summed E-state index contributed by atoms with van der Waals surface area (Å²) in [4.78, 5) is 24.6. The third-order valence-corrected chi connectivity index (χ3v) is 7.40. The number of fused-ring (bicyclic) bond motifs is 1. The highest BCUT2D eigenvalue weighted by molar-refractivity contribution is 7.13. The fourth-order valence-corrected chi connectivity index (χ4v) is 5.47. The Morgan fingerprint density at radius 2 is 1.94 bits per heavy atom. The molecule has 4 aromatic rings. The maximum Gasteiger partial charge on any atom is 0.265 e. The highest BCUT2D eigenvalue weighted by atomic mass is 32.1. The summed E-state index contributed by atoms with van der Waals surface area (Å²) in [5.74, 6) is 0.0250. The number of aliphatic hydroxyl groups is 1. The molecule has 3 aromatic heterocycles. The van der Waals surface area contributed by atoms with Gasteiger partial charge in [0.1, 0.15) is 4.88 Å². The number of pyridine rings is 1. The van der Waals surface area contributed by atoms with Gasteiger partial charge in [0.2, 0.25) is 0 Å². The SMILES string of the molecule is Cc1nc(Cc2ccccc2)sc1C(=O)N1CCC(O)(Cn2ccc3ccncc32)CC1. The number of piperidine rings is 1. The molecular weight excluding hydrogens is 420 g/mol. The Kier molecular flexibility index (Phi) is 5.53. The number of carbonyl (C=O) groups excluding carboxylic acids is 1. The number of thiazole rings is 1. The van der Waals surface area contributed by atoms with Gasteiger partial charge in [0.25, 0.3) is 5.91 Å². The molecule has 1 aliphatic rings. The van der Waals surface area contributed by atoms with E-state index in [-0.39, 0.29) is 5.91 Å². The maximum absolute atomic E-state index is 13.2. The lowest BCUT2D eigenvalue weighted by Crippen LogP contribution is -2.48. The van der Waals surface area contributed by atoms with E-state index in [9.17, 15) is 9.90 Å². The standard InChI is InChI=1S/C25H26N4O2S/c1-18-23(32-22(27-18)15-19-5-3-2-4-6-19)24(30)28-13-9-25(31,10-14-28)17-29-12-8-20-7-11-26-16-21(20)29/h2-8,11-12,16,31H,9-10,13-15,17H2,1H3. The van der Waals surface area contributed by atoms with Gasteiger partial charge < -0.3 is 14.6 Å². The summed E-state index contributed by atoms with van der Waals surface area (Å²) in [7, 11) is 0. The Morgan fingerprint density at radius 3 is 2.72 bits per heavy atom. The van der Waals surface area contributed by atoms with Crippen LogP contribution in [0.2, 0.25) is 0 Å². The highest BCUT2D eigenvalue weighted by Gasteiger charge is 2.35. The van der Waals surface area contributed by atoms with Crippen LogP contribution in [0.1, 0.15) is 38.8 Å². The van der Waals surface area contributed by atoms with Gasteiger partial charge >= 0.3 is 0 Å². The van der Waals surface area contributed by atoms with Crippen molar-refractivity contribution in [2.75, 3.05) is 13.1 Å². The van der Waals surface area contributed by atoms with E-state index in [1.165, 1.54) is 16.9 Å². The summed E-state index contributed by atoms with van der Waals surface area (Å²) in [6.07, 6.45) is 7.44. The van der Waals surface area contributed by atoms with Crippen molar-refractivity contribution in [2.24, 2.45) is 0 Å². The Labute approximate surface area is 191 Å². The quantitative estimate of drug-likeness (QED) is 0.502. The molecule has 0 saturated carbocycles. The zero-order chi connectivity index (χ0) is 22.1. The molecule has 0 radical (unpaired) electrons. The highest BCUT2D eigenvalue weighted by Crippen LogP contribution is 2.29. The molecule has 1 aromatic carbocycles. The molecule has 0 aliphatic carbocycles. The average Bonchev–Trinajstić information content (AvgIpc) is 3.37. The van der Waals surface area contributed by atoms with E-state index in [1.54, 1.807) is 6.20 Å². The molecule has 164 valence electrons. The maximum atomic E-state index is 13.2. The molecule has 1 saturated heterocycles. The number of rotatable bonds is 5. The second kappa shape index (κ2) is 8.48. The topological polar surface area (TPSA) is 71.2 Å². The lowest BCUT2D eigenvalue weighted by Gasteiger charge is -2.38. The zero-order valence-electron chi connectivity index (χ0n) is 18.1. The predicted octanol–water partition coefficient (Wildman–Crippen LogP) is 4.06. The second-order valence-corrected chi connectivity index (χ2v) is 9.66. The van der Waals surface area contributed by atoms with Crippen LogP contribution in [0, 0.1) is 6.92 Å². The molecular formula is C25H26N4O2S. The van der Waals surface area contributed by atoms with Crippen molar-refractivity contribution in [1.29, 1.82) is 0 Å². The van der Waals surface area contributed by atoms with Crippen molar-refractivity contribution < 1.29 is 9.90 Å². The first-order chi connectivity index (χ1) is 15.5. The molecule has 5 rings (SSSR count). The van der Waals surface area contributed by atoms with E-state index < -0.39 is 5.60 Å². The monoisotopic (exact) mass is 446 g/mol. The molecule has 4 heterocycles. The second-order valence-electron chi connectivity index (χ2n) is 8.58. The van der Waals surface area contributed by atoms with Crippen LogP contribution in [0.15, 0.2) is 61.1 Å². The molecule has 0 unspecified atom stereocenters. The average molecular weight is 447 g/mol. The van der Waals surface area contributed by atoms with Crippen LogP contribution >= 0.6 is 11.3 Å². The van der Waals surface area contributed by atoms with Gasteiger partial charge in [-0.25, -0.2) is 4.98 Å². The number of hydrogen-bond acceptors (Lipinski definition) is 5. The summed E-state index contributed by atoms with van der Waals surface area (Å²) in [5, 5.41) is 13.3. The van der Waals surface area contributed by atoms with Gasteiger partial charge in [-0.1, -0.05) is 30.3 Å². The fourth-order valence-electron chi connectivity index (χ4n) is 4.41. The van der Waals surface area contributed by atoms with Gasteiger partial charge in [0, 0.05) is 37.3 Å². The molecule has 0 bridgehead atoms. The van der Waals surface area contributed by atoms with E-state index >= 15 is 0 Å². The molecule has 0 spiro atoms. The van der Waals surface area contributed by atoms with Gasteiger partial charge in [-0.3, -0.25) is 9.78 Å². The molecule has 1 aliphatic heterocycles. The van der Waals surface area contributed by atoms with Crippen LogP contribution in [-0.4, -0.2) is 49.1 Å². The minimum Gasteiger partial charge on any atom is -0.388 e. The third-order valence-electron chi connectivity index (χ3n) is 6.26. The minimum absolute atomic E-state index is 0.0250. The molecule has 32 heavy (non-hydrogen) atoms. The smallest absolute Gasteiger partial charge is 0.265 e. The Bertz CT molecular complexity index is 1240. The number of benzene rings is 1. The Morgan fingerprint density at radius 1 is 1.16 bits per heavy atom. The summed E-state index contributed by atoms with van der Waals surface area (Å²) in [6.45, 7) is 3.49. The fraction of sp³-hybridized carbons (Fsp3) is 0.320. The van der Waals surface area contributed by atoms with Crippen molar-refractivity contribution in [3.63, 3.8) is 0 Å². The van der Waals surface area contributed by atoms with Crippen molar-refractivity contribution in [1.82, 2.24) is 19.4 Å². The van der Waals surface area contributed by atoms with Gasteiger partial charge in [-0.15, -0.1) is 11.3 Å². The number of aryl methyl sites for hydroxylation is 1. The van der Waals surface area contributed by atoms with Gasteiger partial charge in [-0.05, 0) is 37.5 Å². The molecule has 0 atom stereocenters. The largest absolute Gasteiger partial charge is 0.388 e. The van der Waals surface area contributed by atoms with Gasteiger partial charge in [0.15, 0.2) is 0 Å². The third kappa shape index (κ3) is 4.18. The van der Waals surface area contributed by atoms with Gasteiger partial charge in [-0.2, -0.15) is 0 Å². The van der Waals surface area contributed by atoms with Crippen LogP contribution in [0.25, 0.3) is 10.9 Å². The van der Waals surface area contributed by atoms with Crippen molar-refractivity contribution in [3.05, 3.63) is 82.2 Å². The lowest BCUT2D eigenvalue weighted by atomic mass is 9.91. The number of amides is 1. The minimum atomic E-state index is -0.834. The van der Waals surface area contributed by atoms with Crippen molar-refractivity contribution >= 4 is 28.1 Å². The molecule has 7 heteroatoms. The van der Waals surface area contributed by atoms with Crippen molar-refractivity contribution in [2.45, 2.75) is 38.3 Å². The first-order valence-corrected chi connectivity index (χ1v) is 11.7. The number of nitrogens with zero attached hydrogens (tertiary/aromatic N) is 4. The first-order valence-electron chi connectivity index (χ1n) is 10.9. The molecule has 1 fully saturated rings. The number of hydrogen-bond donors (Lipinski definition) is 1. The molecule has 1 N–H and O–H groups in total.